The fourth-order valence-electron chi connectivity index (χ4n) is 4.19. The van der Waals surface area contributed by atoms with Crippen LogP contribution in [0.2, 0.25) is 0 Å². The van der Waals surface area contributed by atoms with Gasteiger partial charge in [0, 0.05) is 55.4 Å². The van der Waals surface area contributed by atoms with Crippen LogP contribution in [0.3, 0.4) is 0 Å². The van der Waals surface area contributed by atoms with E-state index >= 15 is 0 Å². The molecular weight excluding hydrogens is 511 g/mol. The van der Waals surface area contributed by atoms with Crippen LogP contribution >= 0.6 is 22.7 Å². The summed E-state index contributed by atoms with van der Waals surface area (Å²) < 4.78 is 15.5. The molecule has 0 saturated carbocycles. The van der Waals surface area contributed by atoms with Crippen LogP contribution < -0.4 is 10.6 Å². The summed E-state index contributed by atoms with van der Waals surface area (Å²) in [5.74, 6) is -1.32. The Labute approximate surface area is 221 Å². The Morgan fingerprint density at radius 1 is 1.08 bits per heavy atom. The fourth-order valence-corrected chi connectivity index (χ4v) is 6.06. The van der Waals surface area contributed by atoms with E-state index in [1.54, 1.807) is 35.8 Å². The molecule has 1 atom stereocenters. The van der Waals surface area contributed by atoms with E-state index in [2.05, 4.69) is 10.6 Å². The van der Waals surface area contributed by atoms with Crippen molar-refractivity contribution in [2.75, 3.05) is 19.8 Å². The molecule has 7 nitrogen and oxygen atoms in total. The van der Waals surface area contributed by atoms with Crippen LogP contribution in [-0.4, -0.2) is 54.6 Å². The topological polar surface area (TPSA) is 102 Å². The number of hydrogen-bond donors (Lipinski definition) is 3. The largest absolute Gasteiger partial charge is 0.349 e. The molecule has 4 rings (SSSR count). The van der Waals surface area contributed by atoms with Crippen LogP contribution in [0.5, 0.6) is 0 Å². The molecule has 0 radical (unpaired) electrons. The van der Waals surface area contributed by atoms with Gasteiger partial charge in [0.25, 0.3) is 5.91 Å². The van der Waals surface area contributed by atoms with Gasteiger partial charge in [-0.05, 0) is 42.6 Å². The van der Waals surface area contributed by atoms with Crippen molar-refractivity contribution in [2.24, 2.45) is 0 Å². The van der Waals surface area contributed by atoms with Gasteiger partial charge in [0.2, 0.25) is 11.8 Å². The summed E-state index contributed by atoms with van der Waals surface area (Å²) in [6, 6.07) is 14.2. The van der Waals surface area contributed by atoms with Gasteiger partial charge in [0.05, 0.1) is 19.8 Å². The maximum Gasteiger partial charge on any atom is 0.251 e. The molecule has 0 bridgehead atoms. The van der Waals surface area contributed by atoms with Gasteiger partial charge in [-0.3, -0.25) is 18.8 Å². The highest BCUT2D eigenvalue weighted by atomic mass is 32.1. The van der Waals surface area contributed by atoms with E-state index in [4.69, 9.17) is 5.41 Å². The van der Waals surface area contributed by atoms with Crippen molar-refractivity contribution in [1.82, 2.24) is 15.5 Å². The number of carbonyl (C=O) groups is 3. The Morgan fingerprint density at radius 2 is 1.86 bits per heavy atom. The van der Waals surface area contributed by atoms with E-state index in [1.165, 1.54) is 22.5 Å². The number of halogens is 1. The molecule has 0 aliphatic carbocycles. The summed E-state index contributed by atoms with van der Waals surface area (Å²) in [6.07, 6.45) is 1.08. The molecule has 0 saturated heterocycles. The number of alkyl halides is 1. The van der Waals surface area contributed by atoms with Gasteiger partial charge < -0.3 is 20.9 Å². The van der Waals surface area contributed by atoms with Crippen molar-refractivity contribution < 1.29 is 18.8 Å². The van der Waals surface area contributed by atoms with E-state index in [-0.39, 0.29) is 26.1 Å². The van der Waals surface area contributed by atoms with Crippen molar-refractivity contribution in [3.05, 3.63) is 69.9 Å². The molecule has 2 heterocycles. The lowest BCUT2D eigenvalue weighted by Crippen LogP contribution is -2.52. The second-order valence-corrected chi connectivity index (χ2v) is 10.5. The zero-order chi connectivity index (χ0) is 26.4. The number of hydrogen-bond acceptors (Lipinski definition) is 6. The smallest absolute Gasteiger partial charge is 0.251 e. The molecular formula is C27H27FN4O3S2. The summed E-state index contributed by atoms with van der Waals surface area (Å²) in [5.41, 5.74) is 1.17. The lowest BCUT2D eigenvalue weighted by atomic mass is 10.1. The molecule has 3 N–H and O–H groups in total. The van der Waals surface area contributed by atoms with E-state index in [0.29, 0.717) is 5.56 Å². The molecule has 3 amide bonds. The number of rotatable bonds is 11. The lowest BCUT2D eigenvalue weighted by Gasteiger charge is -2.29. The molecule has 0 fully saturated rings. The second-order valence-electron chi connectivity index (χ2n) is 8.37. The van der Waals surface area contributed by atoms with Crippen LogP contribution in [-0.2, 0) is 16.1 Å². The molecule has 192 valence electrons. The summed E-state index contributed by atoms with van der Waals surface area (Å²) in [4.78, 5) is 40.8. The van der Waals surface area contributed by atoms with Crippen LogP contribution in [0.1, 0.15) is 34.1 Å². The number of likely N-dealkylation sites (N-methyl/N-ethyl adjacent to an activating group) is 1. The van der Waals surface area contributed by atoms with Gasteiger partial charge in [-0.15, -0.1) is 22.7 Å². The second kappa shape index (κ2) is 12.1. The Bertz CT molecular complexity index is 1450. The average molecular weight is 539 g/mol. The summed E-state index contributed by atoms with van der Waals surface area (Å²) in [6.45, 7) is 1.06. The SMILES string of the molecule is CCN(C(=O)CNC(=O)c1ccc2sc3ccccc3c2c1)C(CCF)C(=O)NCc1cc(C=N)cs1. The summed E-state index contributed by atoms with van der Waals surface area (Å²) >= 11 is 3.06. The monoisotopic (exact) mass is 538 g/mol. The normalized spacial score (nSPS) is 11.8. The highest BCUT2D eigenvalue weighted by Crippen LogP contribution is 2.34. The molecule has 0 spiro atoms. The Morgan fingerprint density at radius 3 is 2.59 bits per heavy atom. The molecule has 4 aromatic rings. The number of benzene rings is 2. The fraction of sp³-hybridized carbons (Fsp3) is 0.259. The minimum atomic E-state index is -0.991. The van der Waals surface area contributed by atoms with Crippen molar-refractivity contribution >= 4 is 66.8 Å². The predicted octanol–water partition coefficient (Wildman–Crippen LogP) is 4.74. The predicted molar refractivity (Wildman–Crippen MR) is 147 cm³/mol. The Hall–Kier alpha value is -3.63. The Kier molecular flexibility index (Phi) is 8.62. The zero-order valence-electron chi connectivity index (χ0n) is 20.3. The van der Waals surface area contributed by atoms with Crippen LogP contribution in [0, 0.1) is 5.41 Å². The van der Waals surface area contributed by atoms with Crippen molar-refractivity contribution in [1.29, 1.82) is 5.41 Å². The standard InChI is InChI=1S/C27H27FN4O3S2/c1-2-32(22(9-10-28)27(35)30-14-19-11-17(13-29)16-36-19)25(33)15-31-26(34)18-7-8-24-21(12-18)20-5-3-4-6-23(20)37-24/h3-8,11-13,16,22,29H,2,9-10,14-15H2,1H3,(H,30,35)(H,31,34). The minimum Gasteiger partial charge on any atom is -0.349 e. The van der Waals surface area contributed by atoms with Gasteiger partial charge in [-0.2, -0.15) is 0 Å². The van der Waals surface area contributed by atoms with Crippen LogP contribution in [0.4, 0.5) is 4.39 Å². The molecule has 2 aromatic heterocycles. The van der Waals surface area contributed by atoms with E-state index in [9.17, 15) is 18.8 Å². The maximum atomic E-state index is 13.3. The van der Waals surface area contributed by atoms with Gasteiger partial charge in [0.15, 0.2) is 0 Å². The third-order valence-electron chi connectivity index (χ3n) is 6.04. The number of amides is 3. The van der Waals surface area contributed by atoms with Gasteiger partial charge >= 0.3 is 0 Å². The number of nitrogens with one attached hydrogen (secondary N) is 3. The van der Waals surface area contributed by atoms with Gasteiger partial charge in [-0.25, -0.2) is 0 Å². The molecule has 37 heavy (non-hydrogen) atoms. The third-order valence-corrected chi connectivity index (χ3v) is 8.15. The Balaban J connectivity index is 1.40. The first-order valence-corrected chi connectivity index (χ1v) is 13.5. The van der Waals surface area contributed by atoms with Gasteiger partial charge in [0.1, 0.15) is 6.04 Å². The van der Waals surface area contributed by atoms with Crippen LogP contribution in [0.15, 0.2) is 53.9 Å². The van der Waals surface area contributed by atoms with E-state index in [1.807, 2.05) is 36.4 Å². The van der Waals surface area contributed by atoms with Crippen LogP contribution in [0.25, 0.3) is 20.2 Å². The third kappa shape index (κ3) is 6.03. The molecule has 1 unspecified atom stereocenters. The molecule has 0 aliphatic rings. The number of nitrogens with zero attached hydrogens (tertiary/aromatic N) is 1. The first kappa shape index (κ1) is 26.4. The van der Waals surface area contributed by atoms with E-state index in [0.717, 1.165) is 30.6 Å². The van der Waals surface area contributed by atoms with Crippen molar-refractivity contribution in [3.8, 4) is 0 Å². The number of thiophene rings is 2. The lowest BCUT2D eigenvalue weighted by molar-refractivity contribution is -0.140. The first-order valence-electron chi connectivity index (χ1n) is 11.9. The van der Waals surface area contributed by atoms with Gasteiger partial charge in [-0.1, -0.05) is 18.2 Å². The maximum absolute atomic E-state index is 13.3. The summed E-state index contributed by atoms with van der Waals surface area (Å²) in [5, 5.41) is 16.6. The van der Waals surface area contributed by atoms with Crippen molar-refractivity contribution in [2.45, 2.75) is 25.9 Å². The average Bonchev–Trinajstić information content (AvgIpc) is 3.54. The number of fused-ring (bicyclic) bond motifs is 3. The zero-order valence-corrected chi connectivity index (χ0v) is 21.9. The first-order chi connectivity index (χ1) is 17.9. The van der Waals surface area contributed by atoms with E-state index < -0.39 is 30.4 Å². The highest BCUT2D eigenvalue weighted by molar-refractivity contribution is 7.25. The molecule has 10 heteroatoms. The van der Waals surface area contributed by atoms with Crippen molar-refractivity contribution in [3.63, 3.8) is 0 Å². The molecule has 2 aromatic carbocycles. The number of carbonyl (C=O) groups excluding carboxylic acids is 3. The summed E-state index contributed by atoms with van der Waals surface area (Å²) in [7, 11) is 0. The minimum absolute atomic E-state index is 0.141. The highest BCUT2D eigenvalue weighted by Gasteiger charge is 2.28. The molecule has 0 aliphatic heterocycles. The quantitative estimate of drug-likeness (QED) is 0.241.